The van der Waals surface area contributed by atoms with Crippen molar-refractivity contribution in [2.75, 3.05) is 0 Å². The van der Waals surface area contributed by atoms with E-state index in [4.69, 9.17) is 4.74 Å². The summed E-state index contributed by atoms with van der Waals surface area (Å²) in [6.07, 6.45) is -9.21. The lowest BCUT2D eigenvalue weighted by Crippen LogP contribution is -2.06. The summed E-state index contributed by atoms with van der Waals surface area (Å²) in [4.78, 5) is 3.27. The molecule has 0 aliphatic rings. The normalized spacial score (nSPS) is 12.4. The third-order valence-corrected chi connectivity index (χ3v) is 4.77. The number of aromatic hydroxyl groups is 1. The number of alkyl halides is 6. The summed E-state index contributed by atoms with van der Waals surface area (Å²) in [5.74, 6) is -1.26. The molecule has 0 bridgehead atoms. The molecule has 3 aromatic rings. The van der Waals surface area contributed by atoms with Gasteiger partial charge in [0.15, 0.2) is 11.4 Å². The minimum absolute atomic E-state index is 0.0732. The molecule has 1 N–H and O–H groups in total. The summed E-state index contributed by atoms with van der Waals surface area (Å²) in [6.45, 7) is 1.45. The maximum Gasteiger partial charge on any atom is 0.435 e. The number of nitrogens with zero attached hydrogens (tertiary/aromatic N) is 3. The molecule has 0 saturated heterocycles. The highest BCUT2D eigenvalue weighted by atomic mass is 32.1. The summed E-state index contributed by atoms with van der Waals surface area (Å²) in [6, 6.07) is 4.07. The number of hydrogen-bond donors (Lipinski definition) is 1. The zero-order chi connectivity index (χ0) is 20.9. The molecule has 3 heterocycles. The van der Waals surface area contributed by atoms with E-state index < -0.39 is 34.6 Å². The molecular weight excluding hydrogens is 412 g/mol. The standard InChI is InChI=1S/C16H11F6N3O2S/c1-7-5-8(9-3-4-11(28-9)16(20,21)22)23-14(13(7)26)27-12-6-10(15(17,18)19)24-25(12)2/h3-6,26H,1-2H3. The van der Waals surface area contributed by atoms with Gasteiger partial charge in [-0.1, -0.05) is 0 Å². The molecule has 0 saturated carbocycles. The van der Waals surface area contributed by atoms with E-state index in [0.29, 0.717) is 17.4 Å². The third-order valence-electron chi connectivity index (χ3n) is 3.62. The van der Waals surface area contributed by atoms with Crippen molar-refractivity contribution in [3.05, 3.63) is 40.4 Å². The molecule has 0 spiro atoms. The van der Waals surface area contributed by atoms with Gasteiger partial charge in [0, 0.05) is 13.1 Å². The SMILES string of the molecule is Cc1cc(-c2ccc(C(F)(F)F)s2)nc(Oc2cc(C(F)(F)F)nn2C)c1O. The lowest BCUT2D eigenvalue weighted by atomic mass is 10.2. The smallest absolute Gasteiger partial charge is 0.435 e. The summed E-state index contributed by atoms with van der Waals surface area (Å²) in [7, 11) is 1.20. The molecule has 0 aliphatic carbocycles. The second-order valence-corrected chi connectivity index (χ2v) is 6.81. The van der Waals surface area contributed by atoms with Crippen LogP contribution < -0.4 is 4.74 Å². The summed E-state index contributed by atoms with van der Waals surface area (Å²) >= 11 is 0.442. The Bertz CT molecular complexity index is 1020. The van der Waals surface area contributed by atoms with E-state index in [1.165, 1.54) is 26.1 Å². The van der Waals surface area contributed by atoms with Crippen molar-refractivity contribution >= 4 is 11.3 Å². The Labute approximate surface area is 157 Å². The van der Waals surface area contributed by atoms with E-state index >= 15 is 0 Å². The van der Waals surface area contributed by atoms with Crippen LogP contribution in [0, 0.1) is 6.92 Å². The van der Waals surface area contributed by atoms with Crippen molar-refractivity contribution in [3.63, 3.8) is 0 Å². The highest BCUT2D eigenvalue weighted by Crippen LogP contribution is 2.41. The average molecular weight is 423 g/mol. The van der Waals surface area contributed by atoms with E-state index in [9.17, 15) is 31.4 Å². The molecule has 3 aromatic heterocycles. The number of ether oxygens (including phenoxy) is 1. The van der Waals surface area contributed by atoms with Gasteiger partial charge in [0.1, 0.15) is 4.88 Å². The van der Waals surface area contributed by atoms with Crippen molar-refractivity contribution < 1.29 is 36.2 Å². The minimum Gasteiger partial charge on any atom is -0.503 e. The Hall–Kier alpha value is -2.76. The maximum atomic E-state index is 12.8. The first-order chi connectivity index (χ1) is 12.9. The predicted molar refractivity (Wildman–Crippen MR) is 87.2 cm³/mol. The van der Waals surface area contributed by atoms with Crippen LogP contribution in [0.5, 0.6) is 17.5 Å². The van der Waals surface area contributed by atoms with Gasteiger partial charge in [0.05, 0.1) is 10.6 Å². The molecular formula is C16H11F6N3O2S. The van der Waals surface area contributed by atoms with Gasteiger partial charge in [-0.05, 0) is 30.7 Å². The number of thiophene rings is 1. The molecule has 3 rings (SSSR count). The fourth-order valence-corrected chi connectivity index (χ4v) is 3.08. The molecule has 0 aromatic carbocycles. The Balaban J connectivity index is 1.99. The van der Waals surface area contributed by atoms with Gasteiger partial charge in [0.2, 0.25) is 5.88 Å². The molecule has 0 radical (unpaired) electrons. The van der Waals surface area contributed by atoms with Crippen LogP contribution in [0.3, 0.4) is 0 Å². The van der Waals surface area contributed by atoms with Crippen molar-refractivity contribution in [3.8, 4) is 28.1 Å². The first-order valence-corrected chi connectivity index (χ1v) is 8.35. The zero-order valence-corrected chi connectivity index (χ0v) is 15.0. The number of aromatic nitrogens is 3. The highest BCUT2D eigenvalue weighted by molar-refractivity contribution is 7.15. The maximum absolute atomic E-state index is 12.8. The van der Waals surface area contributed by atoms with Gasteiger partial charge in [-0.25, -0.2) is 9.67 Å². The van der Waals surface area contributed by atoms with Crippen LogP contribution in [0.1, 0.15) is 16.1 Å². The molecule has 0 atom stereocenters. The van der Waals surface area contributed by atoms with E-state index in [0.717, 1.165) is 10.7 Å². The monoisotopic (exact) mass is 423 g/mol. The van der Waals surface area contributed by atoms with E-state index in [2.05, 4.69) is 10.1 Å². The highest BCUT2D eigenvalue weighted by Gasteiger charge is 2.35. The molecule has 150 valence electrons. The molecule has 0 amide bonds. The number of hydrogen-bond acceptors (Lipinski definition) is 5. The fraction of sp³-hybridized carbons (Fsp3) is 0.250. The first kappa shape index (κ1) is 20.0. The fourth-order valence-electron chi connectivity index (χ4n) is 2.25. The number of aryl methyl sites for hydroxylation is 2. The van der Waals surface area contributed by atoms with Crippen LogP contribution in [0.2, 0.25) is 0 Å². The number of rotatable bonds is 3. The molecule has 12 heteroatoms. The molecule has 0 aliphatic heterocycles. The van der Waals surface area contributed by atoms with Gasteiger partial charge >= 0.3 is 12.4 Å². The van der Waals surface area contributed by atoms with E-state index in [-0.39, 0.29) is 22.0 Å². The van der Waals surface area contributed by atoms with Crippen molar-refractivity contribution in [2.45, 2.75) is 19.3 Å². The minimum atomic E-state index is -4.70. The van der Waals surface area contributed by atoms with Crippen LogP contribution >= 0.6 is 11.3 Å². The topological polar surface area (TPSA) is 60.2 Å². The van der Waals surface area contributed by atoms with E-state index in [1.54, 1.807) is 0 Å². The zero-order valence-electron chi connectivity index (χ0n) is 14.2. The average Bonchev–Trinajstić information content (AvgIpc) is 3.18. The second-order valence-electron chi connectivity index (χ2n) is 5.73. The summed E-state index contributed by atoms with van der Waals surface area (Å²) in [5, 5.41) is 13.4. The predicted octanol–water partition coefficient (Wildman–Crippen LogP) is 5.39. The summed E-state index contributed by atoms with van der Waals surface area (Å²) in [5.41, 5.74) is -0.908. The Morgan fingerprint density at radius 1 is 1.07 bits per heavy atom. The Kier molecular flexibility index (Phi) is 4.77. The van der Waals surface area contributed by atoms with Crippen molar-refractivity contribution in [1.29, 1.82) is 0 Å². The molecule has 5 nitrogen and oxygen atoms in total. The molecule has 0 fully saturated rings. The van der Waals surface area contributed by atoms with Gasteiger partial charge in [0.25, 0.3) is 5.88 Å². The number of pyridine rings is 1. The largest absolute Gasteiger partial charge is 0.503 e. The quantitative estimate of drug-likeness (QED) is 0.574. The van der Waals surface area contributed by atoms with Gasteiger partial charge in [-0.15, -0.1) is 11.3 Å². The van der Waals surface area contributed by atoms with Crippen LogP contribution in [-0.4, -0.2) is 19.9 Å². The van der Waals surface area contributed by atoms with Crippen LogP contribution in [-0.2, 0) is 19.4 Å². The third kappa shape index (κ3) is 3.91. The van der Waals surface area contributed by atoms with Gasteiger partial charge < -0.3 is 9.84 Å². The first-order valence-electron chi connectivity index (χ1n) is 7.53. The number of halogens is 6. The van der Waals surface area contributed by atoms with Gasteiger partial charge in [-0.3, -0.25) is 0 Å². The molecule has 0 unspecified atom stereocenters. The van der Waals surface area contributed by atoms with Crippen LogP contribution in [0.4, 0.5) is 26.3 Å². The second kappa shape index (κ2) is 6.69. The summed E-state index contributed by atoms with van der Waals surface area (Å²) < 4.78 is 82.7. The molecule has 28 heavy (non-hydrogen) atoms. The Morgan fingerprint density at radius 2 is 1.75 bits per heavy atom. The van der Waals surface area contributed by atoms with E-state index in [1.807, 2.05) is 0 Å². The van der Waals surface area contributed by atoms with Crippen LogP contribution in [0.25, 0.3) is 10.6 Å². The van der Waals surface area contributed by atoms with Crippen LogP contribution in [0.15, 0.2) is 24.3 Å². The van der Waals surface area contributed by atoms with Gasteiger partial charge in [-0.2, -0.15) is 31.4 Å². The Morgan fingerprint density at radius 3 is 2.29 bits per heavy atom. The lowest BCUT2D eigenvalue weighted by molar-refractivity contribution is -0.141. The van der Waals surface area contributed by atoms with Crippen molar-refractivity contribution in [1.82, 2.24) is 14.8 Å². The lowest BCUT2D eigenvalue weighted by Gasteiger charge is -2.10. The van der Waals surface area contributed by atoms with Crippen molar-refractivity contribution in [2.24, 2.45) is 7.05 Å².